The molecular weight excluding hydrogens is 327 g/mol. The molecule has 2 N–H and O–H groups in total. The first kappa shape index (κ1) is 19.9. The monoisotopic (exact) mass is 356 g/mol. The molecule has 0 bridgehead atoms. The molecule has 0 aromatic heterocycles. The van der Waals surface area contributed by atoms with Gasteiger partial charge in [-0.3, -0.25) is 9.89 Å². The van der Waals surface area contributed by atoms with Gasteiger partial charge in [-0.05, 0) is 41.9 Å². The van der Waals surface area contributed by atoms with Crippen LogP contribution in [0.3, 0.4) is 0 Å². The van der Waals surface area contributed by atoms with Crippen molar-refractivity contribution < 1.29 is 4.39 Å². The number of guanidine groups is 1. The van der Waals surface area contributed by atoms with Crippen molar-refractivity contribution in [1.82, 2.24) is 15.5 Å². The van der Waals surface area contributed by atoms with Gasteiger partial charge in [0.2, 0.25) is 0 Å². The number of rotatable bonds is 8. The summed E-state index contributed by atoms with van der Waals surface area (Å²) in [5, 5.41) is 6.57. The molecule has 0 aliphatic carbocycles. The zero-order valence-corrected chi connectivity index (χ0v) is 15.9. The van der Waals surface area contributed by atoms with E-state index in [0.717, 1.165) is 25.2 Å². The van der Waals surface area contributed by atoms with Crippen molar-refractivity contribution in [3.63, 3.8) is 0 Å². The lowest BCUT2D eigenvalue weighted by Gasteiger charge is -2.20. The van der Waals surface area contributed by atoms with E-state index in [1.54, 1.807) is 13.1 Å². The van der Waals surface area contributed by atoms with E-state index in [9.17, 15) is 4.39 Å². The highest BCUT2D eigenvalue weighted by molar-refractivity contribution is 5.79. The SMILES string of the molecule is CCN(CC)Cc1ccccc1CNC(=NC)NCc1cccc(F)c1. The first-order chi connectivity index (χ1) is 12.7. The van der Waals surface area contributed by atoms with Crippen molar-refractivity contribution in [3.8, 4) is 0 Å². The molecule has 4 nitrogen and oxygen atoms in total. The number of nitrogens with zero attached hydrogens (tertiary/aromatic N) is 2. The molecule has 0 atom stereocenters. The van der Waals surface area contributed by atoms with Gasteiger partial charge in [0.05, 0.1) is 0 Å². The zero-order valence-electron chi connectivity index (χ0n) is 15.9. The fraction of sp³-hybridized carbons (Fsp3) is 0.381. The standard InChI is InChI=1S/C21H29FN4/c1-4-26(5-2)16-19-11-7-6-10-18(19)15-25-21(23-3)24-14-17-9-8-12-20(22)13-17/h6-13H,4-5,14-16H2,1-3H3,(H2,23,24,25). The van der Waals surface area contributed by atoms with Gasteiger partial charge >= 0.3 is 0 Å². The van der Waals surface area contributed by atoms with Crippen LogP contribution in [0.15, 0.2) is 53.5 Å². The molecule has 2 rings (SSSR count). The summed E-state index contributed by atoms with van der Waals surface area (Å²) < 4.78 is 13.3. The van der Waals surface area contributed by atoms with E-state index in [2.05, 4.69) is 58.6 Å². The van der Waals surface area contributed by atoms with E-state index in [4.69, 9.17) is 0 Å². The van der Waals surface area contributed by atoms with Crippen LogP contribution >= 0.6 is 0 Å². The maximum atomic E-state index is 13.3. The summed E-state index contributed by atoms with van der Waals surface area (Å²) in [7, 11) is 1.74. The number of halogens is 1. The molecule has 0 amide bonds. The highest BCUT2D eigenvalue weighted by Crippen LogP contribution is 2.11. The predicted molar refractivity (Wildman–Crippen MR) is 107 cm³/mol. The van der Waals surface area contributed by atoms with Crippen LogP contribution in [0, 0.1) is 5.82 Å². The van der Waals surface area contributed by atoms with Gasteiger partial charge in [-0.2, -0.15) is 0 Å². The maximum absolute atomic E-state index is 13.3. The molecule has 2 aromatic carbocycles. The summed E-state index contributed by atoms with van der Waals surface area (Å²) in [6, 6.07) is 15.0. The molecule has 0 saturated carbocycles. The minimum absolute atomic E-state index is 0.224. The first-order valence-corrected chi connectivity index (χ1v) is 9.14. The Morgan fingerprint density at radius 2 is 1.65 bits per heavy atom. The maximum Gasteiger partial charge on any atom is 0.191 e. The molecule has 0 unspecified atom stereocenters. The first-order valence-electron chi connectivity index (χ1n) is 9.14. The van der Waals surface area contributed by atoms with Crippen LogP contribution in [-0.2, 0) is 19.6 Å². The van der Waals surface area contributed by atoms with Gasteiger partial charge in [0, 0.05) is 26.7 Å². The molecule has 26 heavy (non-hydrogen) atoms. The molecule has 0 spiro atoms. The van der Waals surface area contributed by atoms with Gasteiger partial charge in [0.1, 0.15) is 5.82 Å². The van der Waals surface area contributed by atoms with Gasteiger partial charge in [-0.15, -0.1) is 0 Å². The molecule has 5 heteroatoms. The zero-order chi connectivity index (χ0) is 18.8. The molecule has 0 saturated heterocycles. The van der Waals surface area contributed by atoms with Crippen LogP contribution in [0.1, 0.15) is 30.5 Å². The Hall–Kier alpha value is -2.40. The van der Waals surface area contributed by atoms with Crippen molar-refractivity contribution in [2.45, 2.75) is 33.5 Å². The molecule has 0 heterocycles. The van der Waals surface area contributed by atoms with Crippen LogP contribution in [0.4, 0.5) is 4.39 Å². The Bertz CT molecular complexity index is 711. The molecular formula is C21H29FN4. The van der Waals surface area contributed by atoms with Gasteiger partial charge in [-0.1, -0.05) is 50.2 Å². The summed E-state index contributed by atoms with van der Waals surface area (Å²) in [5.41, 5.74) is 3.47. The minimum atomic E-state index is -0.224. The summed E-state index contributed by atoms with van der Waals surface area (Å²) in [4.78, 5) is 6.65. The number of nitrogens with one attached hydrogen (secondary N) is 2. The van der Waals surface area contributed by atoms with E-state index in [-0.39, 0.29) is 5.82 Å². The number of benzene rings is 2. The largest absolute Gasteiger partial charge is 0.352 e. The number of hydrogen-bond donors (Lipinski definition) is 2. The van der Waals surface area contributed by atoms with Crippen molar-refractivity contribution in [2.24, 2.45) is 4.99 Å². The van der Waals surface area contributed by atoms with E-state index < -0.39 is 0 Å². The summed E-state index contributed by atoms with van der Waals surface area (Å²) in [5.74, 6) is 0.476. The fourth-order valence-corrected chi connectivity index (χ4v) is 2.80. The lowest BCUT2D eigenvalue weighted by atomic mass is 10.1. The Kier molecular flexibility index (Phi) is 8.09. The molecule has 2 aromatic rings. The Morgan fingerprint density at radius 3 is 2.31 bits per heavy atom. The summed E-state index contributed by atoms with van der Waals surface area (Å²) >= 11 is 0. The van der Waals surface area contributed by atoms with Crippen molar-refractivity contribution in [3.05, 3.63) is 71.0 Å². The number of aliphatic imine (C=N–C) groups is 1. The Morgan fingerprint density at radius 1 is 0.962 bits per heavy atom. The predicted octanol–water partition coefficient (Wildman–Crippen LogP) is 3.53. The van der Waals surface area contributed by atoms with E-state index in [1.165, 1.54) is 23.3 Å². The highest BCUT2D eigenvalue weighted by atomic mass is 19.1. The molecule has 0 radical (unpaired) electrons. The van der Waals surface area contributed by atoms with E-state index >= 15 is 0 Å². The smallest absolute Gasteiger partial charge is 0.191 e. The Balaban J connectivity index is 1.94. The quantitative estimate of drug-likeness (QED) is 0.561. The third-order valence-corrected chi connectivity index (χ3v) is 4.43. The average molecular weight is 356 g/mol. The summed E-state index contributed by atoms with van der Waals surface area (Å²) in [6.07, 6.45) is 0. The summed E-state index contributed by atoms with van der Waals surface area (Å²) in [6.45, 7) is 8.61. The second-order valence-electron chi connectivity index (χ2n) is 6.14. The normalized spacial score (nSPS) is 11.7. The molecule has 0 fully saturated rings. The number of hydrogen-bond acceptors (Lipinski definition) is 2. The van der Waals surface area contributed by atoms with Crippen LogP contribution < -0.4 is 10.6 Å². The topological polar surface area (TPSA) is 39.7 Å². The second kappa shape index (κ2) is 10.6. The molecule has 140 valence electrons. The highest BCUT2D eigenvalue weighted by Gasteiger charge is 2.07. The van der Waals surface area contributed by atoms with Gasteiger partial charge in [-0.25, -0.2) is 4.39 Å². The van der Waals surface area contributed by atoms with Gasteiger partial charge in [0.25, 0.3) is 0 Å². The molecule has 0 aliphatic rings. The Labute approximate surface area is 156 Å². The molecule has 0 aliphatic heterocycles. The van der Waals surface area contributed by atoms with Crippen LogP contribution in [0.2, 0.25) is 0 Å². The van der Waals surface area contributed by atoms with Gasteiger partial charge in [0.15, 0.2) is 5.96 Å². The third kappa shape index (κ3) is 6.15. The van der Waals surface area contributed by atoms with Crippen LogP contribution in [0.5, 0.6) is 0 Å². The third-order valence-electron chi connectivity index (χ3n) is 4.43. The van der Waals surface area contributed by atoms with Crippen molar-refractivity contribution >= 4 is 5.96 Å². The minimum Gasteiger partial charge on any atom is -0.352 e. The lowest BCUT2D eigenvalue weighted by molar-refractivity contribution is 0.295. The average Bonchev–Trinajstić information content (AvgIpc) is 2.67. The van der Waals surface area contributed by atoms with Crippen molar-refractivity contribution in [2.75, 3.05) is 20.1 Å². The lowest BCUT2D eigenvalue weighted by Crippen LogP contribution is -2.36. The van der Waals surface area contributed by atoms with E-state index in [1.807, 2.05) is 6.07 Å². The van der Waals surface area contributed by atoms with Crippen LogP contribution in [-0.4, -0.2) is 31.0 Å². The van der Waals surface area contributed by atoms with E-state index in [0.29, 0.717) is 19.0 Å². The van der Waals surface area contributed by atoms with Crippen molar-refractivity contribution in [1.29, 1.82) is 0 Å². The fourth-order valence-electron chi connectivity index (χ4n) is 2.80. The van der Waals surface area contributed by atoms with Gasteiger partial charge < -0.3 is 10.6 Å². The van der Waals surface area contributed by atoms with Crippen LogP contribution in [0.25, 0.3) is 0 Å². The second-order valence-corrected chi connectivity index (χ2v) is 6.14.